The van der Waals surface area contributed by atoms with Crippen molar-refractivity contribution in [2.75, 3.05) is 19.6 Å². The van der Waals surface area contributed by atoms with E-state index in [4.69, 9.17) is 0 Å². The molecular weight excluding hydrogens is 262 g/mol. The molecule has 0 aromatic rings. The Balaban J connectivity index is 1.74. The zero-order valence-electron chi connectivity index (χ0n) is 14.0. The van der Waals surface area contributed by atoms with Crippen molar-refractivity contribution >= 4 is 5.91 Å². The Morgan fingerprint density at radius 2 is 2.00 bits per heavy atom. The number of piperidine rings is 1. The lowest BCUT2D eigenvalue weighted by atomic mass is 9.88. The first-order valence-corrected chi connectivity index (χ1v) is 8.89. The number of carbonyl (C=O) groups excluding carboxylic acids is 1. The molecule has 2 fully saturated rings. The average Bonchev–Trinajstić information content (AvgIpc) is 3.01. The molecule has 0 aliphatic carbocycles. The standard InChI is InChI=1S/C17H33N3O/c1-4-6-13(2)19-17(21)14(3)20-11-8-15(9-12-20)16-7-5-10-18-16/h13-16,18H,4-12H2,1-3H3,(H,19,21). The lowest BCUT2D eigenvalue weighted by molar-refractivity contribution is -0.127. The Morgan fingerprint density at radius 3 is 2.57 bits per heavy atom. The van der Waals surface area contributed by atoms with Gasteiger partial charge in [-0.05, 0) is 71.5 Å². The molecule has 1 amide bonds. The van der Waals surface area contributed by atoms with Crippen molar-refractivity contribution in [3.8, 4) is 0 Å². The molecule has 2 rings (SSSR count). The summed E-state index contributed by atoms with van der Waals surface area (Å²) in [5.41, 5.74) is 0. The van der Waals surface area contributed by atoms with Gasteiger partial charge in [0.2, 0.25) is 5.91 Å². The summed E-state index contributed by atoms with van der Waals surface area (Å²) in [5.74, 6) is 1.02. The third-order valence-corrected chi connectivity index (χ3v) is 5.28. The lowest BCUT2D eigenvalue weighted by Gasteiger charge is -2.37. The number of hydrogen-bond acceptors (Lipinski definition) is 3. The Bertz CT molecular complexity index is 320. The molecule has 2 N–H and O–H groups in total. The summed E-state index contributed by atoms with van der Waals surface area (Å²) in [7, 11) is 0. The van der Waals surface area contributed by atoms with Crippen molar-refractivity contribution < 1.29 is 4.79 Å². The minimum Gasteiger partial charge on any atom is -0.352 e. The number of hydrogen-bond donors (Lipinski definition) is 2. The van der Waals surface area contributed by atoms with Gasteiger partial charge in [0.25, 0.3) is 0 Å². The summed E-state index contributed by atoms with van der Waals surface area (Å²) in [6, 6.07) is 1.05. The first-order valence-electron chi connectivity index (χ1n) is 8.89. The molecule has 3 atom stereocenters. The fourth-order valence-electron chi connectivity index (χ4n) is 3.86. The molecule has 0 spiro atoms. The van der Waals surface area contributed by atoms with Crippen molar-refractivity contribution in [3.63, 3.8) is 0 Å². The van der Waals surface area contributed by atoms with Crippen LogP contribution < -0.4 is 10.6 Å². The molecule has 21 heavy (non-hydrogen) atoms. The normalized spacial score (nSPS) is 27.5. The monoisotopic (exact) mass is 295 g/mol. The van der Waals surface area contributed by atoms with E-state index < -0.39 is 0 Å². The molecular formula is C17H33N3O. The highest BCUT2D eigenvalue weighted by molar-refractivity contribution is 5.81. The number of likely N-dealkylation sites (tertiary alicyclic amines) is 1. The maximum atomic E-state index is 12.3. The molecule has 122 valence electrons. The Morgan fingerprint density at radius 1 is 1.29 bits per heavy atom. The molecule has 0 aromatic carbocycles. The van der Waals surface area contributed by atoms with E-state index in [2.05, 4.69) is 36.3 Å². The Labute approximate surface area is 130 Å². The molecule has 4 nitrogen and oxygen atoms in total. The van der Waals surface area contributed by atoms with Crippen molar-refractivity contribution in [2.45, 2.75) is 77.4 Å². The predicted octanol–water partition coefficient (Wildman–Crippen LogP) is 2.14. The van der Waals surface area contributed by atoms with Gasteiger partial charge in [-0.25, -0.2) is 0 Å². The van der Waals surface area contributed by atoms with Crippen LogP contribution in [0.2, 0.25) is 0 Å². The Hall–Kier alpha value is -0.610. The minimum absolute atomic E-state index is 0.0155. The van der Waals surface area contributed by atoms with Gasteiger partial charge in [0.15, 0.2) is 0 Å². The molecule has 2 aliphatic rings. The first kappa shape index (κ1) is 16.8. The predicted molar refractivity (Wildman–Crippen MR) is 87.3 cm³/mol. The van der Waals surface area contributed by atoms with Gasteiger partial charge in [0, 0.05) is 12.1 Å². The first-order chi connectivity index (χ1) is 10.1. The number of nitrogens with zero attached hydrogens (tertiary/aromatic N) is 1. The highest BCUT2D eigenvalue weighted by atomic mass is 16.2. The zero-order valence-corrected chi connectivity index (χ0v) is 14.0. The van der Waals surface area contributed by atoms with Gasteiger partial charge in [-0.2, -0.15) is 0 Å². The van der Waals surface area contributed by atoms with Gasteiger partial charge in [-0.1, -0.05) is 13.3 Å². The lowest BCUT2D eigenvalue weighted by Crippen LogP contribution is -2.51. The van der Waals surface area contributed by atoms with Gasteiger partial charge < -0.3 is 10.6 Å². The highest BCUT2D eigenvalue weighted by Crippen LogP contribution is 2.26. The van der Waals surface area contributed by atoms with Crippen LogP contribution in [0, 0.1) is 5.92 Å². The molecule has 0 radical (unpaired) electrons. The van der Waals surface area contributed by atoms with Crippen LogP contribution in [0.25, 0.3) is 0 Å². The number of amides is 1. The van der Waals surface area contributed by atoms with E-state index in [1.807, 2.05) is 0 Å². The molecule has 0 saturated carbocycles. The summed E-state index contributed by atoms with van der Waals surface area (Å²) in [4.78, 5) is 14.7. The van der Waals surface area contributed by atoms with Crippen molar-refractivity contribution in [1.82, 2.24) is 15.5 Å². The molecule has 0 aromatic heterocycles. The van der Waals surface area contributed by atoms with Gasteiger partial charge in [0.05, 0.1) is 6.04 Å². The van der Waals surface area contributed by atoms with Gasteiger partial charge in [-0.15, -0.1) is 0 Å². The van der Waals surface area contributed by atoms with Gasteiger partial charge in [-0.3, -0.25) is 9.69 Å². The van der Waals surface area contributed by atoms with Crippen molar-refractivity contribution in [2.24, 2.45) is 5.92 Å². The highest BCUT2D eigenvalue weighted by Gasteiger charge is 2.31. The summed E-state index contributed by atoms with van der Waals surface area (Å²) in [6.45, 7) is 9.65. The molecule has 2 heterocycles. The quantitative estimate of drug-likeness (QED) is 0.789. The van der Waals surface area contributed by atoms with Crippen molar-refractivity contribution in [1.29, 1.82) is 0 Å². The van der Waals surface area contributed by atoms with Crippen LogP contribution in [0.15, 0.2) is 0 Å². The van der Waals surface area contributed by atoms with Crippen LogP contribution in [0.3, 0.4) is 0 Å². The number of carbonyl (C=O) groups is 1. The van der Waals surface area contributed by atoms with E-state index in [-0.39, 0.29) is 11.9 Å². The summed E-state index contributed by atoms with van der Waals surface area (Å²) < 4.78 is 0. The van der Waals surface area contributed by atoms with Crippen molar-refractivity contribution in [3.05, 3.63) is 0 Å². The maximum Gasteiger partial charge on any atom is 0.237 e. The number of rotatable bonds is 6. The minimum atomic E-state index is 0.0155. The molecule has 0 bridgehead atoms. The second-order valence-electron chi connectivity index (χ2n) is 6.95. The SMILES string of the molecule is CCCC(C)NC(=O)C(C)N1CCC(C2CCCN2)CC1. The average molecular weight is 295 g/mol. The fourth-order valence-corrected chi connectivity index (χ4v) is 3.86. The van der Waals surface area contributed by atoms with Crippen LogP contribution >= 0.6 is 0 Å². The molecule has 4 heteroatoms. The second kappa shape index (κ2) is 8.14. The van der Waals surface area contributed by atoms with E-state index in [1.54, 1.807) is 0 Å². The van der Waals surface area contributed by atoms with E-state index in [0.29, 0.717) is 6.04 Å². The topological polar surface area (TPSA) is 44.4 Å². The van der Waals surface area contributed by atoms with E-state index >= 15 is 0 Å². The summed E-state index contributed by atoms with van der Waals surface area (Å²) in [6.07, 6.45) is 7.33. The van der Waals surface area contributed by atoms with Crippen LogP contribution in [0.4, 0.5) is 0 Å². The maximum absolute atomic E-state index is 12.3. The summed E-state index contributed by atoms with van der Waals surface area (Å²) in [5, 5.41) is 6.79. The van der Waals surface area contributed by atoms with E-state index in [0.717, 1.165) is 37.9 Å². The van der Waals surface area contributed by atoms with Crippen LogP contribution in [-0.2, 0) is 4.79 Å². The second-order valence-corrected chi connectivity index (χ2v) is 6.95. The Kier molecular flexibility index (Phi) is 6.49. The number of nitrogens with one attached hydrogen (secondary N) is 2. The molecule has 3 unspecified atom stereocenters. The largest absolute Gasteiger partial charge is 0.352 e. The third kappa shape index (κ3) is 4.68. The van der Waals surface area contributed by atoms with Crippen LogP contribution in [0.5, 0.6) is 0 Å². The zero-order chi connectivity index (χ0) is 15.2. The van der Waals surface area contributed by atoms with E-state index in [1.165, 1.54) is 32.2 Å². The van der Waals surface area contributed by atoms with Crippen LogP contribution in [-0.4, -0.2) is 48.6 Å². The van der Waals surface area contributed by atoms with Crippen LogP contribution in [0.1, 0.15) is 59.3 Å². The fraction of sp³-hybridized carbons (Fsp3) is 0.941. The third-order valence-electron chi connectivity index (χ3n) is 5.28. The molecule has 2 aliphatic heterocycles. The van der Waals surface area contributed by atoms with E-state index in [9.17, 15) is 4.79 Å². The smallest absolute Gasteiger partial charge is 0.237 e. The summed E-state index contributed by atoms with van der Waals surface area (Å²) >= 11 is 0. The van der Waals surface area contributed by atoms with Gasteiger partial charge in [0.1, 0.15) is 0 Å². The molecule has 2 saturated heterocycles. The van der Waals surface area contributed by atoms with Gasteiger partial charge >= 0.3 is 0 Å².